The lowest BCUT2D eigenvalue weighted by Gasteiger charge is -2.32. The lowest BCUT2D eigenvalue weighted by atomic mass is 9.71. The van der Waals surface area contributed by atoms with E-state index in [1.807, 2.05) is 6.08 Å². The predicted octanol–water partition coefficient (Wildman–Crippen LogP) is 6.08. The molecule has 4 nitrogen and oxygen atoms in total. The number of unbranched alkanes of at least 4 members (excludes halogenated alkanes) is 11. The van der Waals surface area contributed by atoms with Gasteiger partial charge in [0.05, 0.1) is 0 Å². The quantitative estimate of drug-likeness (QED) is 0.181. The zero-order valence-electron chi connectivity index (χ0n) is 18.9. The summed E-state index contributed by atoms with van der Waals surface area (Å²) in [4.78, 5) is 38.6. The first-order valence-corrected chi connectivity index (χ1v) is 12.1. The van der Waals surface area contributed by atoms with Crippen molar-refractivity contribution in [3.05, 3.63) is 12.2 Å². The van der Waals surface area contributed by atoms with E-state index in [0.717, 1.165) is 32.1 Å². The van der Waals surface area contributed by atoms with Crippen molar-refractivity contribution in [1.29, 1.82) is 0 Å². The molecule has 1 N–H and O–H groups in total. The minimum absolute atomic E-state index is 0.181. The number of rotatable bonds is 17. The second kappa shape index (κ2) is 15.4. The number of carbonyl (C=O) groups excluding carboxylic acids is 3. The smallest absolute Gasteiger partial charge is 0.241 e. The van der Waals surface area contributed by atoms with Crippen LogP contribution in [0.4, 0.5) is 0 Å². The van der Waals surface area contributed by atoms with Crippen LogP contribution in [0, 0.1) is 5.41 Å². The standard InChI is InChI=1S/C25H43NO3/c1-3-5-7-9-11-12-14-16-19-23(28)25(20-17-21-26-24(25)29)22(27)18-15-13-10-8-6-4-2/h16,19H,3-15,17-18,20-21H2,1-2H3,(H,26,29). The van der Waals surface area contributed by atoms with E-state index < -0.39 is 5.41 Å². The molecule has 1 fully saturated rings. The summed E-state index contributed by atoms with van der Waals surface area (Å²) in [6.07, 6.45) is 19.3. The molecular weight excluding hydrogens is 362 g/mol. The Morgan fingerprint density at radius 1 is 0.897 bits per heavy atom. The minimum Gasteiger partial charge on any atom is -0.355 e. The summed E-state index contributed by atoms with van der Waals surface area (Å²) in [7, 11) is 0. The summed E-state index contributed by atoms with van der Waals surface area (Å²) in [5.41, 5.74) is -1.47. The predicted molar refractivity (Wildman–Crippen MR) is 120 cm³/mol. The average Bonchev–Trinajstić information content (AvgIpc) is 2.72. The van der Waals surface area contributed by atoms with Gasteiger partial charge >= 0.3 is 0 Å². The third-order valence-corrected chi connectivity index (χ3v) is 6.05. The van der Waals surface area contributed by atoms with E-state index in [2.05, 4.69) is 19.2 Å². The molecule has 0 spiro atoms. The van der Waals surface area contributed by atoms with Crippen LogP contribution in [-0.4, -0.2) is 24.0 Å². The van der Waals surface area contributed by atoms with Crippen LogP contribution in [0.3, 0.4) is 0 Å². The van der Waals surface area contributed by atoms with Crippen molar-refractivity contribution in [2.75, 3.05) is 6.54 Å². The minimum atomic E-state index is -1.47. The van der Waals surface area contributed by atoms with Crippen molar-refractivity contribution < 1.29 is 14.4 Å². The molecule has 29 heavy (non-hydrogen) atoms. The van der Waals surface area contributed by atoms with Crippen LogP contribution in [0.25, 0.3) is 0 Å². The SMILES string of the molecule is CCCCCCCCC=CC(=O)C1(C(=O)CCCCCCCC)CCCNC1=O. The van der Waals surface area contributed by atoms with Gasteiger partial charge in [-0.2, -0.15) is 0 Å². The molecule has 1 atom stereocenters. The molecule has 1 saturated heterocycles. The Bertz CT molecular complexity index is 526. The summed E-state index contributed by atoms with van der Waals surface area (Å²) in [6.45, 7) is 4.94. The monoisotopic (exact) mass is 405 g/mol. The van der Waals surface area contributed by atoms with E-state index in [0.29, 0.717) is 25.8 Å². The molecule has 0 aromatic rings. The van der Waals surface area contributed by atoms with Crippen LogP contribution in [0.2, 0.25) is 0 Å². The molecule has 1 aliphatic rings. The molecule has 1 aliphatic heterocycles. The van der Waals surface area contributed by atoms with Crippen molar-refractivity contribution in [3.8, 4) is 0 Å². The van der Waals surface area contributed by atoms with Crippen LogP contribution in [0.5, 0.6) is 0 Å². The van der Waals surface area contributed by atoms with Crippen molar-refractivity contribution in [3.63, 3.8) is 0 Å². The number of hydrogen-bond donors (Lipinski definition) is 1. The first kappa shape index (κ1) is 25.6. The molecular formula is C25H43NO3. The Hall–Kier alpha value is -1.45. The fraction of sp³-hybridized carbons (Fsp3) is 0.800. The van der Waals surface area contributed by atoms with Gasteiger partial charge < -0.3 is 5.32 Å². The molecule has 1 unspecified atom stereocenters. The highest BCUT2D eigenvalue weighted by molar-refractivity contribution is 6.26. The normalized spacial score (nSPS) is 19.4. The van der Waals surface area contributed by atoms with E-state index in [1.54, 1.807) is 0 Å². The van der Waals surface area contributed by atoms with E-state index in [4.69, 9.17) is 0 Å². The summed E-state index contributed by atoms with van der Waals surface area (Å²) in [5.74, 6) is -0.870. The Kier molecular flexibility index (Phi) is 13.6. The number of amides is 1. The van der Waals surface area contributed by atoms with Crippen LogP contribution in [0.1, 0.15) is 117 Å². The van der Waals surface area contributed by atoms with E-state index in [-0.39, 0.29) is 17.5 Å². The Morgan fingerprint density at radius 3 is 2.10 bits per heavy atom. The first-order valence-electron chi connectivity index (χ1n) is 12.1. The number of carbonyl (C=O) groups is 3. The Labute approximate surface area is 178 Å². The fourth-order valence-corrected chi connectivity index (χ4v) is 4.11. The van der Waals surface area contributed by atoms with E-state index >= 15 is 0 Å². The van der Waals surface area contributed by atoms with E-state index in [9.17, 15) is 14.4 Å². The van der Waals surface area contributed by atoms with Gasteiger partial charge in [-0.3, -0.25) is 14.4 Å². The van der Waals surface area contributed by atoms with E-state index in [1.165, 1.54) is 57.4 Å². The van der Waals surface area contributed by atoms with Gasteiger partial charge in [-0.15, -0.1) is 0 Å². The molecule has 0 bridgehead atoms. The molecule has 1 rings (SSSR count). The number of ketones is 2. The third-order valence-electron chi connectivity index (χ3n) is 6.05. The molecule has 0 radical (unpaired) electrons. The van der Waals surface area contributed by atoms with Gasteiger partial charge in [-0.05, 0) is 38.2 Å². The van der Waals surface area contributed by atoms with Gasteiger partial charge in [0.15, 0.2) is 17.0 Å². The largest absolute Gasteiger partial charge is 0.355 e. The number of nitrogens with one attached hydrogen (secondary N) is 1. The second-order valence-electron chi connectivity index (χ2n) is 8.53. The number of hydrogen-bond acceptors (Lipinski definition) is 3. The highest BCUT2D eigenvalue weighted by Crippen LogP contribution is 2.32. The Balaban J connectivity index is 2.55. The highest BCUT2D eigenvalue weighted by Gasteiger charge is 2.51. The van der Waals surface area contributed by atoms with Gasteiger partial charge in [-0.1, -0.05) is 84.1 Å². The van der Waals surface area contributed by atoms with Crippen molar-refractivity contribution in [1.82, 2.24) is 5.32 Å². The van der Waals surface area contributed by atoms with Crippen molar-refractivity contribution in [2.24, 2.45) is 5.41 Å². The molecule has 166 valence electrons. The first-order chi connectivity index (χ1) is 14.1. The van der Waals surface area contributed by atoms with Crippen LogP contribution < -0.4 is 5.32 Å². The Morgan fingerprint density at radius 2 is 1.48 bits per heavy atom. The second-order valence-corrected chi connectivity index (χ2v) is 8.53. The van der Waals surface area contributed by atoms with Crippen LogP contribution in [-0.2, 0) is 14.4 Å². The third kappa shape index (κ3) is 8.84. The van der Waals surface area contributed by atoms with Gasteiger partial charge in [0.1, 0.15) is 0 Å². The topological polar surface area (TPSA) is 63.2 Å². The summed E-state index contributed by atoms with van der Waals surface area (Å²) >= 11 is 0. The van der Waals surface area contributed by atoms with Crippen LogP contribution >= 0.6 is 0 Å². The maximum Gasteiger partial charge on any atom is 0.241 e. The molecule has 1 amide bonds. The summed E-state index contributed by atoms with van der Waals surface area (Å²) < 4.78 is 0. The lowest BCUT2D eigenvalue weighted by Crippen LogP contribution is -2.54. The van der Waals surface area contributed by atoms with Gasteiger partial charge in [0, 0.05) is 13.0 Å². The van der Waals surface area contributed by atoms with Gasteiger partial charge in [0.2, 0.25) is 5.91 Å². The molecule has 0 aliphatic carbocycles. The van der Waals surface area contributed by atoms with Gasteiger partial charge in [0.25, 0.3) is 0 Å². The van der Waals surface area contributed by atoms with Crippen molar-refractivity contribution >= 4 is 17.5 Å². The number of allylic oxidation sites excluding steroid dienone is 2. The fourth-order valence-electron chi connectivity index (χ4n) is 4.11. The molecule has 0 aromatic heterocycles. The van der Waals surface area contributed by atoms with Gasteiger partial charge in [-0.25, -0.2) is 0 Å². The zero-order chi connectivity index (χ0) is 21.4. The molecule has 0 aromatic carbocycles. The number of piperidine rings is 1. The molecule has 1 heterocycles. The van der Waals surface area contributed by atoms with Crippen molar-refractivity contribution in [2.45, 2.75) is 117 Å². The zero-order valence-corrected chi connectivity index (χ0v) is 18.9. The average molecular weight is 406 g/mol. The maximum atomic E-state index is 13.0. The number of Topliss-reactive ketones (excluding diaryl/α,β-unsaturated/α-hetero) is 1. The lowest BCUT2D eigenvalue weighted by molar-refractivity contribution is -0.150. The molecule has 0 saturated carbocycles. The summed E-state index contributed by atoms with van der Waals surface area (Å²) in [6, 6.07) is 0. The summed E-state index contributed by atoms with van der Waals surface area (Å²) in [5, 5.41) is 2.77. The van der Waals surface area contributed by atoms with Crippen LogP contribution in [0.15, 0.2) is 12.2 Å². The highest BCUT2D eigenvalue weighted by atomic mass is 16.2. The molecule has 4 heteroatoms. The maximum absolute atomic E-state index is 13.0.